The molecular weight excluding hydrogens is 208 g/mol. The lowest BCUT2D eigenvalue weighted by Gasteiger charge is -1.99. The van der Waals surface area contributed by atoms with Gasteiger partial charge in [-0.1, -0.05) is 6.07 Å². The second-order valence-electron chi connectivity index (χ2n) is 3.53. The van der Waals surface area contributed by atoms with E-state index in [9.17, 15) is 4.79 Å². The fourth-order valence-corrected chi connectivity index (χ4v) is 1.71. The average molecular weight is 220 g/mol. The number of fused-ring (bicyclic) bond motifs is 1. The van der Waals surface area contributed by atoms with Crippen LogP contribution in [-0.2, 0) is 11.3 Å². The minimum absolute atomic E-state index is 0.167. The summed E-state index contributed by atoms with van der Waals surface area (Å²) in [5, 5.41) is 9.15. The highest BCUT2D eigenvalue weighted by molar-refractivity contribution is 5.88. The molecule has 0 aliphatic heterocycles. The zero-order valence-corrected chi connectivity index (χ0v) is 9.10. The van der Waals surface area contributed by atoms with Gasteiger partial charge in [0.25, 0.3) is 0 Å². The molecule has 0 atom stereocenters. The number of hydrogen-bond donors (Lipinski definition) is 1. The molecule has 0 fully saturated rings. The molecule has 0 aliphatic carbocycles. The minimum atomic E-state index is -0.995. The summed E-state index contributed by atoms with van der Waals surface area (Å²) in [5.41, 5.74) is 2.21. The summed E-state index contributed by atoms with van der Waals surface area (Å²) >= 11 is 0. The van der Waals surface area contributed by atoms with Crippen molar-refractivity contribution in [3.63, 3.8) is 0 Å². The first-order valence-corrected chi connectivity index (χ1v) is 4.84. The molecule has 0 radical (unpaired) electrons. The van der Waals surface area contributed by atoms with E-state index in [1.165, 1.54) is 7.11 Å². The summed E-state index contributed by atoms with van der Waals surface area (Å²) in [6.07, 6.45) is 1.69. The zero-order valence-electron chi connectivity index (χ0n) is 9.10. The number of methoxy groups -OCH3 is 1. The van der Waals surface area contributed by atoms with E-state index in [0.717, 1.165) is 5.56 Å². The van der Waals surface area contributed by atoms with E-state index in [-0.39, 0.29) is 12.3 Å². The Balaban J connectivity index is 2.75. The summed E-state index contributed by atoms with van der Waals surface area (Å²) in [6, 6.07) is 3.69. The molecule has 0 unspecified atom stereocenters. The van der Waals surface area contributed by atoms with Crippen molar-refractivity contribution >= 4 is 11.6 Å². The molecule has 84 valence electrons. The number of ether oxygens (including phenoxy) is 1. The molecule has 2 aromatic rings. The standard InChI is InChI=1S/C11H12N2O3/c1-7-4-3-5-13-9(11(14)15)8(6-16-2)12-10(7)13/h3-5H,6H2,1-2H3,(H,14,15). The first-order chi connectivity index (χ1) is 7.65. The van der Waals surface area contributed by atoms with Crippen molar-refractivity contribution < 1.29 is 14.6 Å². The number of imidazole rings is 1. The molecule has 0 aromatic carbocycles. The van der Waals surface area contributed by atoms with Gasteiger partial charge in [0.1, 0.15) is 11.3 Å². The highest BCUT2D eigenvalue weighted by Crippen LogP contribution is 2.16. The number of carboxylic acids is 1. The molecule has 2 aromatic heterocycles. The Morgan fingerprint density at radius 1 is 1.62 bits per heavy atom. The molecule has 0 saturated carbocycles. The van der Waals surface area contributed by atoms with Crippen LogP contribution >= 0.6 is 0 Å². The topological polar surface area (TPSA) is 63.8 Å². The van der Waals surface area contributed by atoms with Crippen LogP contribution in [0.25, 0.3) is 5.65 Å². The zero-order chi connectivity index (χ0) is 11.7. The Morgan fingerprint density at radius 2 is 2.38 bits per heavy atom. The molecule has 0 saturated heterocycles. The van der Waals surface area contributed by atoms with Crippen molar-refractivity contribution in [1.82, 2.24) is 9.38 Å². The maximum absolute atomic E-state index is 11.2. The van der Waals surface area contributed by atoms with Crippen LogP contribution in [0.4, 0.5) is 0 Å². The van der Waals surface area contributed by atoms with Gasteiger partial charge in [0.05, 0.1) is 6.61 Å². The predicted octanol–water partition coefficient (Wildman–Crippen LogP) is 1.49. The monoisotopic (exact) mass is 220 g/mol. The van der Waals surface area contributed by atoms with Crippen LogP contribution in [0.2, 0.25) is 0 Å². The summed E-state index contributed by atoms with van der Waals surface area (Å²) < 4.78 is 6.52. The fraction of sp³-hybridized carbons (Fsp3) is 0.273. The van der Waals surface area contributed by atoms with Crippen molar-refractivity contribution in [2.24, 2.45) is 0 Å². The van der Waals surface area contributed by atoms with Gasteiger partial charge in [-0.25, -0.2) is 9.78 Å². The molecule has 0 bridgehead atoms. The maximum Gasteiger partial charge on any atom is 0.354 e. The van der Waals surface area contributed by atoms with E-state index >= 15 is 0 Å². The van der Waals surface area contributed by atoms with Gasteiger partial charge in [0.2, 0.25) is 0 Å². The van der Waals surface area contributed by atoms with Crippen molar-refractivity contribution in [2.75, 3.05) is 7.11 Å². The number of hydrogen-bond acceptors (Lipinski definition) is 3. The number of pyridine rings is 1. The van der Waals surface area contributed by atoms with Crippen LogP contribution in [0.5, 0.6) is 0 Å². The second-order valence-corrected chi connectivity index (χ2v) is 3.53. The highest BCUT2D eigenvalue weighted by Gasteiger charge is 2.18. The van der Waals surface area contributed by atoms with Gasteiger partial charge in [-0.15, -0.1) is 0 Å². The van der Waals surface area contributed by atoms with E-state index in [0.29, 0.717) is 11.3 Å². The summed E-state index contributed by atoms with van der Waals surface area (Å²) in [6.45, 7) is 2.09. The van der Waals surface area contributed by atoms with E-state index in [1.54, 1.807) is 16.7 Å². The Kier molecular flexibility index (Phi) is 2.62. The summed E-state index contributed by atoms with van der Waals surface area (Å²) in [7, 11) is 1.52. The molecule has 5 nitrogen and oxygen atoms in total. The molecule has 1 N–H and O–H groups in total. The van der Waals surface area contributed by atoms with Gasteiger partial charge in [0.15, 0.2) is 5.69 Å². The molecule has 2 rings (SSSR count). The van der Waals surface area contributed by atoms with Crippen molar-refractivity contribution in [1.29, 1.82) is 0 Å². The van der Waals surface area contributed by atoms with Crippen molar-refractivity contribution in [3.8, 4) is 0 Å². The highest BCUT2D eigenvalue weighted by atomic mass is 16.5. The van der Waals surface area contributed by atoms with Crippen LogP contribution in [0.1, 0.15) is 21.7 Å². The Morgan fingerprint density at radius 3 is 3.00 bits per heavy atom. The Bertz CT molecular complexity index is 545. The summed E-state index contributed by atoms with van der Waals surface area (Å²) in [5.74, 6) is -0.995. The summed E-state index contributed by atoms with van der Waals surface area (Å²) in [4.78, 5) is 15.4. The second kappa shape index (κ2) is 3.94. The number of carbonyl (C=O) groups is 1. The molecule has 0 aliphatic rings. The first-order valence-electron chi connectivity index (χ1n) is 4.84. The van der Waals surface area contributed by atoms with E-state index in [1.807, 2.05) is 13.0 Å². The van der Waals surface area contributed by atoms with Crippen molar-refractivity contribution in [2.45, 2.75) is 13.5 Å². The SMILES string of the molecule is COCc1nc2c(C)cccn2c1C(=O)O. The number of carboxylic acid groups (broad SMARTS) is 1. The van der Waals surface area contributed by atoms with Crippen molar-refractivity contribution in [3.05, 3.63) is 35.3 Å². The van der Waals surface area contributed by atoms with E-state index in [2.05, 4.69) is 4.98 Å². The minimum Gasteiger partial charge on any atom is -0.477 e. The molecule has 16 heavy (non-hydrogen) atoms. The first kappa shape index (κ1) is 10.6. The number of aryl methyl sites for hydroxylation is 1. The molecule has 2 heterocycles. The van der Waals surface area contributed by atoms with Crippen LogP contribution in [0.15, 0.2) is 18.3 Å². The third-order valence-electron chi connectivity index (χ3n) is 2.40. The Hall–Kier alpha value is -1.88. The lowest BCUT2D eigenvalue weighted by atomic mass is 10.3. The van der Waals surface area contributed by atoms with Crippen LogP contribution in [-0.4, -0.2) is 27.6 Å². The predicted molar refractivity (Wildman–Crippen MR) is 57.6 cm³/mol. The quantitative estimate of drug-likeness (QED) is 0.851. The number of aromatic carboxylic acids is 1. The molecule has 0 amide bonds. The van der Waals surface area contributed by atoms with Gasteiger partial charge in [0, 0.05) is 13.3 Å². The molecule has 5 heteroatoms. The smallest absolute Gasteiger partial charge is 0.354 e. The lowest BCUT2D eigenvalue weighted by molar-refractivity contribution is 0.0683. The number of nitrogens with zero attached hydrogens (tertiary/aromatic N) is 2. The van der Waals surface area contributed by atoms with Crippen LogP contribution in [0.3, 0.4) is 0 Å². The normalized spacial score (nSPS) is 10.9. The molecule has 0 spiro atoms. The third-order valence-corrected chi connectivity index (χ3v) is 2.40. The fourth-order valence-electron chi connectivity index (χ4n) is 1.71. The average Bonchev–Trinajstić information content (AvgIpc) is 2.58. The van der Waals surface area contributed by atoms with Gasteiger partial charge in [-0.05, 0) is 18.6 Å². The Labute approximate surface area is 92.3 Å². The van der Waals surface area contributed by atoms with E-state index < -0.39 is 5.97 Å². The van der Waals surface area contributed by atoms with Crippen LogP contribution < -0.4 is 0 Å². The van der Waals surface area contributed by atoms with E-state index in [4.69, 9.17) is 9.84 Å². The van der Waals surface area contributed by atoms with Gasteiger partial charge >= 0.3 is 5.97 Å². The van der Waals surface area contributed by atoms with Gasteiger partial charge in [-0.2, -0.15) is 0 Å². The van der Waals surface area contributed by atoms with Crippen LogP contribution in [0, 0.1) is 6.92 Å². The maximum atomic E-state index is 11.2. The lowest BCUT2D eigenvalue weighted by Crippen LogP contribution is -2.06. The van der Waals surface area contributed by atoms with Gasteiger partial charge < -0.3 is 9.84 Å². The third kappa shape index (κ3) is 1.55. The largest absolute Gasteiger partial charge is 0.477 e. The van der Waals surface area contributed by atoms with Gasteiger partial charge in [-0.3, -0.25) is 4.40 Å². The molecular formula is C11H12N2O3. The number of rotatable bonds is 3. The number of aromatic nitrogens is 2.